The molecule has 7 nitrogen and oxygen atoms in total. The third kappa shape index (κ3) is 3.43. The average molecular weight is 439 g/mol. The van der Waals surface area contributed by atoms with Gasteiger partial charge in [0.2, 0.25) is 0 Å². The van der Waals surface area contributed by atoms with Crippen molar-refractivity contribution in [1.82, 2.24) is 14.9 Å². The highest BCUT2D eigenvalue weighted by atomic mass is 16.7. The standard InChI is InChI=1S/C24H34BN3O4/c1-13-15-12-18(28(19(13)15)21(29)30-22(2,3)4)20-26-16-10-9-14(11-17(16)27-20)25-31-23(5,6)24(7,8)32-25/h9-11,13,15,18-19H,12H2,1-8H3,(H,26,27). The van der Waals surface area contributed by atoms with Gasteiger partial charge in [-0.3, -0.25) is 4.90 Å². The van der Waals surface area contributed by atoms with Crippen molar-refractivity contribution in [2.75, 3.05) is 0 Å². The Balaban J connectivity index is 1.42. The summed E-state index contributed by atoms with van der Waals surface area (Å²) < 4.78 is 18.1. The molecule has 1 aliphatic carbocycles. The summed E-state index contributed by atoms with van der Waals surface area (Å²) in [6.45, 7) is 16.1. The van der Waals surface area contributed by atoms with Crippen molar-refractivity contribution >= 4 is 29.7 Å². The maximum absolute atomic E-state index is 13.0. The number of rotatable bonds is 2. The maximum Gasteiger partial charge on any atom is 0.494 e. The number of carbonyl (C=O) groups is 1. The quantitative estimate of drug-likeness (QED) is 0.711. The van der Waals surface area contributed by atoms with E-state index in [2.05, 4.69) is 39.6 Å². The van der Waals surface area contributed by atoms with Crippen molar-refractivity contribution in [3.8, 4) is 0 Å². The number of likely N-dealkylation sites (tertiary alicyclic amines) is 1. The minimum Gasteiger partial charge on any atom is -0.444 e. The summed E-state index contributed by atoms with van der Waals surface area (Å²) in [5.41, 5.74) is 1.45. The van der Waals surface area contributed by atoms with Gasteiger partial charge in [0.05, 0.1) is 28.3 Å². The van der Waals surface area contributed by atoms with Gasteiger partial charge in [-0.1, -0.05) is 13.0 Å². The van der Waals surface area contributed by atoms with Gasteiger partial charge in [0.25, 0.3) is 0 Å². The molecule has 32 heavy (non-hydrogen) atoms. The minimum absolute atomic E-state index is 0.0938. The molecule has 0 radical (unpaired) electrons. The van der Waals surface area contributed by atoms with Crippen LogP contribution in [0.1, 0.15) is 73.7 Å². The number of aromatic amines is 1. The molecular formula is C24H34BN3O4. The van der Waals surface area contributed by atoms with E-state index < -0.39 is 12.7 Å². The molecule has 3 heterocycles. The number of H-pyrrole nitrogens is 1. The molecule has 1 N–H and O–H groups in total. The molecule has 4 atom stereocenters. The molecule has 1 aromatic heterocycles. The van der Waals surface area contributed by atoms with Crippen molar-refractivity contribution in [3.05, 3.63) is 24.0 Å². The molecule has 2 aromatic rings. The first-order valence-corrected chi connectivity index (χ1v) is 11.6. The lowest BCUT2D eigenvalue weighted by Crippen LogP contribution is -2.41. The van der Waals surface area contributed by atoms with Gasteiger partial charge < -0.3 is 19.0 Å². The predicted molar refractivity (Wildman–Crippen MR) is 124 cm³/mol. The molecule has 4 unspecified atom stereocenters. The summed E-state index contributed by atoms with van der Waals surface area (Å²) in [6.07, 6.45) is 0.660. The molecule has 3 fully saturated rings. The number of hydrogen-bond donors (Lipinski definition) is 1. The summed E-state index contributed by atoms with van der Waals surface area (Å²) in [5, 5.41) is 0. The van der Waals surface area contributed by atoms with E-state index in [-0.39, 0.29) is 29.4 Å². The van der Waals surface area contributed by atoms with E-state index in [1.165, 1.54) is 0 Å². The Morgan fingerprint density at radius 3 is 2.50 bits per heavy atom. The molecule has 8 heteroatoms. The normalized spacial score (nSPS) is 30.6. The second-order valence-corrected chi connectivity index (χ2v) is 11.6. The number of ether oxygens (including phenoxy) is 1. The fourth-order valence-corrected chi connectivity index (χ4v) is 5.05. The second kappa shape index (κ2) is 6.73. The van der Waals surface area contributed by atoms with Gasteiger partial charge in [-0.05, 0) is 84.3 Å². The third-order valence-electron chi connectivity index (χ3n) is 7.63. The van der Waals surface area contributed by atoms with E-state index in [9.17, 15) is 4.79 Å². The second-order valence-electron chi connectivity index (χ2n) is 11.6. The molecule has 0 spiro atoms. The number of piperidine rings is 1. The number of fused-ring (bicyclic) bond motifs is 2. The number of carbonyl (C=O) groups excluding carboxylic acids is 1. The average Bonchev–Trinajstić information content (AvgIpc) is 3.04. The van der Waals surface area contributed by atoms with E-state index in [4.69, 9.17) is 19.0 Å². The van der Waals surface area contributed by atoms with E-state index >= 15 is 0 Å². The highest BCUT2D eigenvalue weighted by molar-refractivity contribution is 6.62. The van der Waals surface area contributed by atoms with Crippen molar-refractivity contribution < 1.29 is 18.8 Å². The van der Waals surface area contributed by atoms with Crippen LogP contribution in [-0.2, 0) is 14.0 Å². The molecule has 2 aliphatic heterocycles. The number of amides is 1. The van der Waals surface area contributed by atoms with Crippen LogP contribution in [0.5, 0.6) is 0 Å². The van der Waals surface area contributed by atoms with Crippen LogP contribution in [0.4, 0.5) is 4.79 Å². The van der Waals surface area contributed by atoms with E-state index in [1.54, 1.807) is 0 Å². The summed E-state index contributed by atoms with van der Waals surface area (Å²) in [4.78, 5) is 23.2. The first kappa shape index (κ1) is 21.8. The molecule has 1 aromatic carbocycles. The summed E-state index contributed by atoms with van der Waals surface area (Å²) in [7, 11) is -0.422. The monoisotopic (exact) mass is 439 g/mol. The smallest absolute Gasteiger partial charge is 0.444 e. The van der Waals surface area contributed by atoms with Crippen LogP contribution in [0.25, 0.3) is 11.0 Å². The molecular weight excluding hydrogens is 405 g/mol. The number of nitrogens with zero attached hydrogens (tertiary/aromatic N) is 2. The fourth-order valence-electron chi connectivity index (χ4n) is 5.05. The van der Waals surface area contributed by atoms with Crippen molar-refractivity contribution in [3.63, 3.8) is 0 Å². The van der Waals surface area contributed by atoms with Gasteiger partial charge in [0, 0.05) is 6.04 Å². The first-order chi connectivity index (χ1) is 14.8. The largest absolute Gasteiger partial charge is 0.494 e. The fraction of sp³-hybridized carbons (Fsp3) is 0.667. The summed E-state index contributed by atoms with van der Waals surface area (Å²) >= 11 is 0. The number of benzene rings is 1. The Morgan fingerprint density at radius 1 is 1.22 bits per heavy atom. The number of imidazole rings is 1. The maximum atomic E-state index is 13.0. The lowest BCUT2D eigenvalue weighted by atomic mass is 9.79. The van der Waals surface area contributed by atoms with Crippen LogP contribution in [0, 0.1) is 11.8 Å². The Labute approximate surface area is 190 Å². The Bertz CT molecular complexity index is 1060. The van der Waals surface area contributed by atoms with Crippen molar-refractivity contribution in [2.24, 2.45) is 11.8 Å². The molecule has 3 aliphatic rings. The van der Waals surface area contributed by atoms with Crippen molar-refractivity contribution in [2.45, 2.75) is 90.7 Å². The number of aromatic nitrogens is 2. The minimum atomic E-state index is -0.524. The predicted octanol–water partition coefficient (Wildman–Crippen LogP) is 4.18. The SMILES string of the molecule is CC1C2CC(c3nc4ccc(B5OC(C)(C)C(C)(C)O5)cc4[nH]3)N(C(=O)OC(C)(C)C)C12. The highest BCUT2D eigenvalue weighted by Gasteiger charge is 2.61. The lowest BCUT2D eigenvalue weighted by molar-refractivity contribution is 0.00578. The van der Waals surface area contributed by atoms with Gasteiger partial charge >= 0.3 is 13.2 Å². The van der Waals surface area contributed by atoms with Crippen LogP contribution in [0.2, 0.25) is 0 Å². The summed E-state index contributed by atoms with van der Waals surface area (Å²) in [6, 6.07) is 6.19. The molecule has 1 saturated carbocycles. The zero-order valence-corrected chi connectivity index (χ0v) is 20.4. The van der Waals surface area contributed by atoms with Gasteiger partial charge in [-0.2, -0.15) is 0 Å². The highest BCUT2D eigenvalue weighted by Crippen LogP contribution is 2.57. The molecule has 2 saturated heterocycles. The van der Waals surface area contributed by atoms with Crippen molar-refractivity contribution in [1.29, 1.82) is 0 Å². The number of nitrogens with one attached hydrogen (secondary N) is 1. The Morgan fingerprint density at radius 2 is 1.88 bits per heavy atom. The van der Waals surface area contributed by atoms with Gasteiger partial charge in [-0.15, -0.1) is 0 Å². The Kier molecular flexibility index (Phi) is 4.58. The Hall–Kier alpha value is -2.06. The third-order valence-corrected chi connectivity index (χ3v) is 7.63. The van der Waals surface area contributed by atoms with Gasteiger partial charge in [0.1, 0.15) is 11.4 Å². The number of hydrogen-bond acceptors (Lipinski definition) is 5. The van der Waals surface area contributed by atoms with Crippen LogP contribution < -0.4 is 5.46 Å². The first-order valence-electron chi connectivity index (χ1n) is 11.6. The zero-order valence-electron chi connectivity index (χ0n) is 20.4. The topological polar surface area (TPSA) is 76.7 Å². The lowest BCUT2D eigenvalue weighted by Gasteiger charge is -2.32. The van der Waals surface area contributed by atoms with E-state index in [1.807, 2.05) is 43.9 Å². The van der Waals surface area contributed by atoms with Crippen LogP contribution in [0.15, 0.2) is 18.2 Å². The molecule has 1 amide bonds. The van der Waals surface area contributed by atoms with Crippen LogP contribution in [0.3, 0.4) is 0 Å². The van der Waals surface area contributed by atoms with Crippen LogP contribution in [-0.4, -0.2) is 50.9 Å². The van der Waals surface area contributed by atoms with Gasteiger partial charge in [-0.25, -0.2) is 9.78 Å². The van der Waals surface area contributed by atoms with E-state index in [0.717, 1.165) is 28.7 Å². The van der Waals surface area contributed by atoms with Gasteiger partial charge in [0.15, 0.2) is 0 Å². The van der Waals surface area contributed by atoms with Crippen LogP contribution >= 0.6 is 0 Å². The van der Waals surface area contributed by atoms with E-state index in [0.29, 0.717) is 11.8 Å². The molecule has 5 rings (SSSR count). The summed E-state index contributed by atoms with van der Waals surface area (Å²) in [5.74, 6) is 1.84. The molecule has 0 bridgehead atoms. The molecule has 172 valence electrons. The zero-order chi connectivity index (χ0) is 23.2.